The molecule has 0 aliphatic carbocycles. The van der Waals surface area contributed by atoms with Crippen molar-refractivity contribution in [3.63, 3.8) is 0 Å². The Morgan fingerprint density at radius 3 is 2.48 bits per heavy atom. The Kier molecular flexibility index (Phi) is 4.85. The molecule has 1 N–H and O–H groups in total. The lowest BCUT2D eigenvalue weighted by Crippen LogP contribution is -2.60. The number of urea groups is 1. The molecule has 1 aromatic carbocycles. The summed E-state index contributed by atoms with van der Waals surface area (Å²) in [5.74, 6) is -0.348. The van der Waals surface area contributed by atoms with E-state index in [0.29, 0.717) is 11.5 Å². The molecular formula is C15H11Cl2N3O4S. The average Bonchev–Trinajstić information content (AvgIpc) is 2.95. The van der Waals surface area contributed by atoms with Gasteiger partial charge >= 0.3 is 6.03 Å². The number of benzene rings is 1. The summed E-state index contributed by atoms with van der Waals surface area (Å²) < 4.78 is 5.70. The molecule has 0 radical (unpaired) electrons. The summed E-state index contributed by atoms with van der Waals surface area (Å²) in [7, 11) is 0. The van der Waals surface area contributed by atoms with Crippen molar-refractivity contribution in [2.24, 2.45) is 0 Å². The molecule has 3 rings (SSSR count). The summed E-state index contributed by atoms with van der Waals surface area (Å²) in [6.07, 6.45) is 0.372. The van der Waals surface area contributed by atoms with E-state index in [1.807, 2.05) is 18.4 Å². The predicted molar refractivity (Wildman–Crippen MR) is 94.4 cm³/mol. The van der Waals surface area contributed by atoms with Crippen molar-refractivity contribution in [1.82, 2.24) is 10.3 Å². The number of anilines is 1. The average molecular weight is 400 g/mol. The van der Waals surface area contributed by atoms with Gasteiger partial charge in [0.05, 0.1) is 15.7 Å². The van der Waals surface area contributed by atoms with E-state index < -0.39 is 11.9 Å². The Morgan fingerprint density at radius 2 is 1.92 bits per heavy atom. The quantitative estimate of drug-likeness (QED) is 0.796. The van der Waals surface area contributed by atoms with Crippen molar-refractivity contribution in [2.45, 2.75) is 6.92 Å². The van der Waals surface area contributed by atoms with Crippen LogP contribution < -0.4 is 15.1 Å². The van der Waals surface area contributed by atoms with Gasteiger partial charge in [0.2, 0.25) is 12.3 Å². The third-order valence-electron chi connectivity index (χ3n) is 3.26. The van der Waals surface area contributed by atoms with Crippen LogP contribution in [0, 0.1) is 6.92 Å². The molecular weight excluding hydrogens is 389 g/mol. The van der Waals surface area contributed by atoms with Crippen molar-refractivity contribution in [1.29, 1.82) is 0 Å². The summed E-state index contributed by atoms with van der Waals surface area (Å²) in [5, 5.41) is 6.87. The number of carbonyl (C=O) groups excluding carboxylic acids is 3. The molecule has 2 heterocycles. The molecule has 1 aliphatic rings. The number of ether oxygens (including phenoxy) is 1. The highest BCUT2D eigenvalue weighted by atomic mass is 35.5. The predicted octanol–water partition coefficient (Wildman–Crippen LogP) is 3.59. The summed E-state index contributed by atoms with van der Waals surface area (Å²) in [6.45, 7) is 1.64. The smallest absolute Gasteiger partial charge is 0.347 e. The molecule has 0 unspecified atom stereocenters. The van der Waals surface area contributed by atoms with Gasteiger partial charge in [0.25, 0.3) is 0 Å². The molecule has 25 heavy (non-hydrogen) atoms. The maximum atomic E-state index is 12.1. The van der Waals surface area contributed by atoms with Gasteiger partial charge in [-0.2, -0.15) is 5.01 Å². The van der Waals surface area contributed by atoms with Gasteiger partial charge in [-0.25, -0.2) is 9.80 Å². The fourth-order valence-electron chi connectivity index (χ4n) is 2.22. The van der Waals surface area contributed by atoms with Gasteiger partial charge in [-0.05, 0) is 36.1 Å². The topological polar surface area (TPSA) is 79.0 Å². The molecule has 1 aromatic heterocycles. The van der Waals surface area contributed by atoms with Crippen molar-refractivity contribution in [3.8, 4) is 10.8 Å². The number of rotatable bonds is 4. The lowest BCUT2D eigenvalue weighted by Gasteiger charge is -2.35. The van der Waals surface area contributed by atoms with Crippen LogP contribution in [0.3, 0.4) is 0 Å². The van der Waals surface area contributed by atoms with Gasteiger partial charge < -0.3 is 4.74 Å². The van der Waals surface area contributed by atoms with Crippen LogP contribution in [0.5, 0.6) is 10.8 Å². The Labute approximate surface area is 156 Å². The van der Waals surface area contributed by atoms with Crippen molar-refractivity contribution in [2.75, 3.05) is 11.6 Å². The number of imide groups is 1. The lowest BCUT2D eigenvalue weighted by molar-refractivity contribution is -0.129. The Bertz CT molecular complexity index is 847. The first-order valence-corrected chi connectivity index (χ1v) is 8.60. The number of hydrogen-bond donors (Lipinski definition) is 1. The van der Waals surface area contributed by atoms with Crippen LogP contribution in [-0.4, -0.2) is 29.9 Å². The zero-order valence-corrected chi connectivity index (χ0v) is 15.1. The molecule has 0 atom stereocenters. The van der Waals surface area contributed by atoms with Gasteiger partial charge in [0.15, 0.2) is 10.8 Å². The van der Waals surface area contributed by atoms with Gasteiger partial charge in [0, 0.05) is 0 Å². The monoisotopic (exact) mass is 399 g/mol. The van der Waals surface area contributed by atoms with Crippen LogP contribution in [0.2, 0.25) is 10.0 Å². The van der Waals surface area contributed by atoms with Crippen LogP contribution in [0.25, 0.3) is 0 Å². The van der Waals surface area contributed by atoms with Crippen LogP contribution in [0.1, 0.15) is 5.56 Å². The van der Waals surface area contributed by atoms with Crippen molar-refractivity contribution >= 4 is 58.6 Å². The molecule has 0 spiro atoms. The summed E-state index contributed by atoms with van der Waals surface area (Å²) in [5.41, 5.74) is 1.27. The standard InChI is InChI=1S/C15H11Cl2N3O4S/c1-8-2-13(25-6-8)24-14-10(16)3-9(4-11(14)17)20-15(23)18-12(22)5-19(20)7-21/h2-4,6-7H,5H2,1H3,(H,18,22,23). The molecule has 2 aromatic rings. The Hall–Kier alpha value is -2.29. The van der Waals surface area contributed by atoms with E-state index in [9.17, 15) is 14.4 Å². The maximum absolute atomic E-state index is 12.1. The maximum Gasteiger partial charge on any atom is 0.347 e. The molecule has 1 fully saturated rings. The van der Waals surface area contributed by atoms with Gasteiger partial charge in [-0.15, -0.1) is 11.3 Å². The van der Waals surface area contributed by atoms with E-state index in [4.69, 9.17) is 27.9 Å². The van der Waals surface area contributed by atoms with Gasteiger partial charge in [0.1, 0.15) is 6.54 Å². The second-order valence-electron chi connectivity index (χ2n) is 5.15. The minimum absolute atomic E-state index is 0.157. The first-order valence-electron chi connectivity index (χ1n) is 6.97. The van der Waals surface area contributed by atoms with Crippen LogP contribution in [-0.2, 0) is 9.59 Å². The summed E-state index contributed by atoms with van der Waals surface area (Å²) in [4.78, 5) is 34.6. The number of nitrogens with one attached hydrogen (secondary N) is 1. The Morgan fingerprint density at radius 1 is 1.24 bits per heavy atom. The van der Waals surface area contributed by atoms with Gasteiger partial charge in [-0.1, -0.05) is 23.2 Å². The van der Waals surface area contributed by atoms with Crippen LogP contribution in [0.4, 0.5) is 10.5 Å². The fourth-order valence-corrected chi connectivity index (χ4v) is 3.53. The number of halogens is 2. The highest BCUT2D eigenvalue weighted by Crippen LogP contribution is 2.41. The van der Waals surface area contributed by atoms with E-state index in [2.05, 4.69) is 5.32 Å². The second-order valence-corrected chi connectivity index (χ2v) is 6.84. The van der Waals surface area contributed by atoms with E-state index >= 15 is 0 Å². The highest BCUT2D eigenvalue weighted by molar-refractivity contribution is 7.12. The molecule has 1 aliphatic heterocycles. The third kappa shape index (κ3) is 3.55. The third-order valence-corrected chi connectivity index (χ3v) is 4.74. The second kappa shape index (κ2) is 6.91. The van der Waals surface area contributed by atoms with Crippen LogP contribution >= 0.6 is 34.5 Å². The number of nitrogens with zero attached hydrogens (tertiary/aromatic N) is 2. The van der Waals surface area contributed by atoms with E-state index in [1.54, 1.807) is 0 Å². The number of aryl methyl sites for hydroxylation is 1. The molecule has 7 nitrogen and oxygen atoms in total. The molecule has 4 amide bonds. The highest BCUT2D eigenvalue weighted by Gasteiger charge is 2.32. The number of carbonyl (C=O) groups is 3. The molecule has 1 saturated heterocycles. The zero-order valence-electron chi connectivity index (χ0n) is 12.8. The molecule has 0 bridgehead atoms. The van der Waals surface area contributed by atoms with E-state index in [-0.39, 0.29) is 28.0 Å². The SMILES string of the molecule is Cc1csc(Oc2c(Cl)cc(N3C(=O)NC(=O)CN3C=O)cc2Cl)c1. The minimum Gasteiger partial charge on any atom is -0.444 e. The normalized spacial score (nSPS) is 14.5. The van der Waals surface area contributed by atoms with Crippen LogP contribution in [0.15, 0.2) is 23.6 Å². The minimum atomic E-state index is -0.780. The largest absolute Gasteiger partial charge is 0.444 e. The van der Waals surface area contributed by atoms with Gasteiger partial charge in [-0.3, -0.25) is 14.9 Å². The van der Waals surface area contributed by atoms with Crippen molar-refractivity contribution in [3.05, 3.63) is 39.2 Å². The summed E-state index contributed by atoms with van der Waals surface area (Å²) >= 11 is 13.9. The molecule has 130 valence electrons. The number of thiophene rings is 1. The first kappa shape index (κ1) is 17.5. The molecule has 10 heteroatoms. The summed E-state index contributed by atoms with van der Waals surface area (Å²) in [6, 6.07) is 3.91. The van der Waals surface area contributed by atoms with E-state index in [0.717, 1.165) is 15.6 Å². The van der Waals surface area contributed by atoms with Crippen molar-refractivity contribution < 1.29 is 19.1 Å². The number of hydrazine groups is 1. The van der Waals surface area contributed by atoms with E-state index in [1.165, 1.54) is 23.5 Å². The Balaban J connectivity index is 1.94. The lowest BCUT2D eigenvalue weighted by atomic mass is 10.3. The molecule has 0 saturated carbocycles. The fraction of sp³-hybridized carbons (Fsp3) is 0.133. The number of amides is 4. The number of hydrogen-bond acceptors (Lipinski definition) is 5. The first-order chi connectivity index (χ1) is 11.9. The zero-order chi connectivity index (χ0) is 18.1.